The maximum Gasteiger partial charge on any atom is 0.221 e. The second-order valence-corrected chi connectivity index (χ2v) is 8.63. The third-order valence-electron chi connectivity index (χ3n) is 5.94. The number of rotatable bonds is 1. The van der Waals surface area contributed by atoms with Gasteiger partial charge in [0.15, 0.2) is 0 Å². The molecule has 0 saturated heterocycles. The Labute approximate surface area is 183 Å². The van der Waals surface area contributed by atoms with Crippen LogP contribution in [0.2, 0.25) is 0 Å². The fourth-order valence-corrected chi connectivity index (χ4v) is 4.49. The Bertz CT molecular complexity index is 1180. The standard InChI is InChI=1S/C24H32N6O/c1-8-18-9-10-20-19-11-21(25-17(5)23(19)27-26-20)22-16(4)28-30(7)24(22)31-15(3)13-29(6)12-14(18)2/h9-11,15H,8,12-13H2,1-7H3,(H,26,27)/b10-9+,18-14-. The van der Waals surface area contributed by atoms with E-state index >= 15 is 0 Å². The third kappa shape index (κ3) is 4.02. The van der Waals surface area contributed by atoms with Crippen molar-refractivity contribution in [3.05, 3.63) is 40.4 Å². The minimum atomic E-state index is 0.00594. The Hall–Kier alpha value is -2.93. The Morgan fingerprint density at radius 2 is 1.94 bits per heavy atom. The van der Waals surface area contributed by atoms with Crippen molar-refractivity contribution < 1.29 is 4.74 Å². The first-order valence-corrected chi connectivity index (χ1v) is 10.9. The molecule has 2 bridgehead atoms. The number of allylic oxidation sites excluding steroid dienone is 2. The molecule has 0 spiro atoms. The van der Waals surface area contributed by atoms with E-state index < -0.39 is 0 Å². The first-order valence-electron chi connectivity index (χ1n) is 10.9. The zero-order valence-electron chi connectivity index (χ0n) is 19.6. The van der Waals surface area contributed by atoms with E-state index in [1.165, 1.54) is 11.1 Å². The van der Waals surface area contributed by atoms with Gasteiger partial charge in [-0.1, -0.05) is 18.6 Å². The summed E-state index contributed by atoms with van der Waals surface area (Å²) < 4.78 is 8.25. The second-order valence-electron chi connectivity index (χ2n) is 8.63. The summed E-state index contributed by atoms with van der Waals surface area (Å²) in [5.74, 6) is 0.752. The number of ether oxygens (including phenoxy) is 1. The number of fused-ring (bicyclic) bond motifs is 3. The largest absolute Gasteiger partial charge is 0.473 e. The molecule has 0 radical (unpaired) electrons. The van der Waals surface area contributed by atoms with E-state index in [-0.39, 0.29) is 6.10 Å². The van der Waals surface area contributed by atoms with E-state index in [0.717, 1.165) is 64.6 Å². The zero-order chi connectivity index (χ0) is 22.3. The van der Waals surface area contributed by atoms with Crippen LogP contribution >= 0.6 is 0 Å². The lowest BCUT2D eigenvalue weighted by atomic mass is 10.0. The molecule has 31 heavy (non-hydrogen) atoms. The molecule has 1 N–H and O–H groups in total. The fourth-order valence-electron chi connectivity index (χ4n) is 4.49. The van der Waals surface area contributed by atoms with Crippen LogP contribution in [0.3, 0.4) is 0 Å². The van der Waals surface area contributed by atoms with Gasteiger partial charge in [-0.2, -0.15) is 10.2 Å². The van der Waals surface area contributed by atoms with Gasteiger partial charge in [0.25, 0.3) is 0 Å². The predicted octanol–water partition coefficient (Wildman–Crippen LogP) is 4.43. The molecule has 164 valence electrons. The van der Waals surface area contributed by atoms with Crippen LogP contribution in [0.15, 0.2) is 23.3 Å². The first-order chi connectivity index (χ1) is 14.8. The number of H-pyrrole nitrogens is 1. The smallest absolute Gasteiger partial charge is 0.221 e. The van der Waals surface area contributed by atoms with Crippen LogP contribution < -0.4 is 4.74 Å². The molecule has 1 atom stereocenters. The van der Waals surface area contributed by atoms with E-state index in [1.807, 2.05) is 25.6 Å². The topological polar surface area (TPSA) is 71.9 Å². The Morgan fingerprint density at radius 1 is 1.16 bits per heavy atom. The van der Waals surface area contributed by atoms with E-state index in [9.17, 15) is 0 Å². The van der Waals surface area contributed by atoms with Gasteiger partial charge >= 0.3 is 0 Å². The van der Waals surface area contributed by atoms with Gasteiger partial charge in [0.2, 0.25) is 5.88 Å². The lowest BCUT2D eigenvalue weighted by molar-refractivity contribution is 0.156. The molecular weight excluding hydrogens is 388 g/mol. The third-order valence-corrected chi connectivity index (χ3v) is 5.94. The summed E-state index contributed by atoms with van der Waals surface area (Å²) in [6.45, 7) is 12.2. The van der Waals surface area contributed by atoms with Crippen LogP contribution in [0, 0.1) is 13.8 Å². The average Bonchev–Trinajstić information content (AvgIpc) is 3.22. The van der Waals surface area contributed by atoms with Gasteiger partial charge in [-0.05, 0) is 58.9 Å². The van der Waals surface area contributed by atoms with Crippen molar-refractivity contribution in [3.63, 3.8) is 0 Å². The van der Waals surface area contributed by atoms with Crippen LogP contribution in [-0.4, -0.2) is 56.1 Å². The van der Waals surface area contributed by atoms with Crippen LogP contribution in [0.25, 0.3) is 28.2 Å². The van der Waals surface area contributed by atoms with E-state index in [0.29, 0.717) is 0 Å². The highest BCUT2D eigenvalue weighted by molar-refractivity contribution is 5.91. The number of hydrogen-bond acceptors (Lipinski definition) is 5. The summed E-state index contributed by atoms with van der Waals surface area (Å²) >= 11 is 0. The van der Waals surface area contributed by atoms with Crippen molar-refractivity contribution in [2.75, 3.05) is 20.1 Å². The number of likely N-dealkylation sites (N-methyl/N-ethyl adjacent to an activating group) is 1. The van der Waals surface area contributed by atoms with Gasteiger partial charge in [0.05, 0.1) is 28.3 Å². The van der Waals surface area contributed by atoms with Gasteiger partial charge < -0.3 is 4.74 Å². The summed E-state index contributed by atoms with van der Waals surface area (Å²) in [7, 11) is 4.06. The minimum Gasteiger partial charge on any atom is -0.473 e. The normalized spacial score (nSPS) is 21.6. The van der Waals surface area contributed by atoms with Crippen molar-refractivity contribution in [2.24, 2.45) is 7.05 Å². The molecule has 0 fully saturated rings. The Kier molecular flexibility index (Phi) is 5.71. The van der Waals surface area contributed by atoms with Gasteiger partial charge in [0, 0.05) is 25.5 Å². The minimum absolute atomic E-state index is 0.00594. The number of nitrogens with one attached hydrogen (secondary N) is 1. The summed E-state index contributed by atoms with van der Waals surface area (Å²) in [5.41, 5.74) is 8.17. The summed E-state index contributed by atoms with van der Waals surface area (Å²) in [6, 6.07) is 2.10. The molecular formula is C24H32N6O. The summed E-state index contributed by atoms with van der Waals surface area (Å²) in [6.07, 6.45) is 5.34. The molecule has 1 unspecified atom stereocenters. The second kappa shape index (κ2) is 8.30. The maximum atomic E-state index is 6.43. The number of hydrogen-bond donors (Lipinski definition) is 1. The molecule has 3 aromatic rings. The number of aromatic nitrogens is 5. The summed E-state index contributed by atoms with van der Waals surface area (Å²) in [5, 5.41) is 13.4. The fraction of sp³-hybridized carbons (Fsp3) is 0.458. The van der Waals surface area contributed by atoms with Crippen molar-refractivity contribution >= 4 is 17.0 Å². The average molecular weight is 421 g/mol. The molecule has 0 aliphatic carbocycles. The van der Waals surface area contributed by atoms with Crippen LogP contribution in [0.4, 0.5) is 0 Å². The highest BCUT2D eigenvalue weighted by Gasteiger charge is 2.22. The first kappa shape index (κ1) is 21.3. The molecule has 0 amide bonds. The predicted molar refractivity (Wildman–Crippen MR) is 125 cm³/mol. The van der Waals surface area contributed by atoms with Gasteiger partial charge in [-0.25, -0.2) is 4.68 Å². The Balaban J connectivity index is 1.96. The van der Waals surface area contributed by atoms with Crippen molar-refractivity contribution in [3.8, 4) is 17.1 Å². The van der Waals surface area contributed by atoms with Crippen molar-refractivity contribution in [1.29, 1.82) is 0 Å². The van der Waals surface area contributed by atoms with Crippen molar-refractivity contribution in [2.45, 2.75) is 47.1 Å². The number of pyridine rings is 1. The summed E-state index contributed by atoms with van der Waals surface area (Å²) in [4.78, 5) is 7.17. The number of aromatic amines is 1. The van der Waals surface area contributed by atoms with Crippen LogP contribution in [0.1, 0.15) is 44.3 Å². The van der Waals surface area contributed by atoms with Gasteiger partial charge in [-0.15, -0.1) is 0 Å². The molecule has 4 heterocycles. The zero-order valence-corrected chi connectivity index (χ0v) is 19.6. The molecule has 0 aromatic carbocycles. The van der Waals surface area contributed by atoms with Gasteiger partial charge in [0.1, 0.15) is 11.6 Å². The van der Waals surface area contributed by atoms with E-state index in [1.54, 1.807) is 0 Å². The molecule has 1 aliphatic heterocycles. The molecule has 0 saturated carbocycles. The quantitative estimate of drug-likeness (QED) is 0.631. The monoisotopic (exact) mass is 420 g/mol. The molecule has 4 rings (SSSR count). The molecule has 7 nitrogen and oxygen atoms in total. The van der Waals surface area contributed by atoms with Crippen molar-refractivity contribution in [1.82, 2.24) is 29.9 Å². The molecule has 3 aromatic heterocycles. The Morgan fingerprint density at radius 3 is 2.68 bits per heavy atom. The lowest BCUT2D eigenvalue weighted by Gasteiger charge is -2.23. The number of aryl methyl sites for hydroxylation is 3. The van der Waals surface area contributed by atoms with E-state index in [2.05, 4.69) is 66.2 Å². The SMILES string of the molecule is CCC1=C(\C)CN(C)CC(C)Oc2c(c(C)nn2C)-c2cc3c([nH]nc3c(C)n2)\C=C\1. The highest BCUT2D eigenvalue weighted by Crippen LogP contribution is 2.35. The highest BCUT2D eigenvalue weighted by atomic mass is 16.5. The molecule has 1 aliphatic rings. The van der Waals surface area contributed by atoms with Gasteiger partial charge in [-0.3, -0.25) is 15.0 Å². The lowest BCUT2D eigenvalue weighted by Crippen LogP contribution is -2.32. The maximum absolute atomic E-state index is 6.43. The van der Waals surface area contributed by atoms with E-state index in [4.69, 9.17) is 9.72 Å². The van der Waals surface area contributed by atoms with Crippen LogP contribution in [0.5, 0.6) is 5.88 Å². The van der Waals surface area contributed by atoms with Crippen LogP contribution in [-0.2, 0) is 7.05 Å². The molecule has 7 heteroatoms. The number of nitrogens with zero attached hydrogens (tertiary/aromatic N) is 5.